The summed E-state index contributed by atoms with van der Waals surface area (Å²) in [7, 11) is 7.09. The second-order valence-corrected chi connectivity index (χ2v) is 7.31. The molecule has 2 rings (SSSR count). The van der Waals surface area contributed by atoms with Gasteiger partial charge in [0.1, 0.15) is 6.54 Å². The van der Waals surface area contributed by atoms with E-state index in [-0.39, 0.29) is 30.3 Å². The molecule has 2 atom stereocenters. The minimum atomic E-state index is -0.0174. The number of rotatable bonds is 5. The third-order valence-corrected chi connectivity index (χ3v) is 4.59. The number of carbonyl (C=O) groups excluding carboxylic acids is 2. The fourth-order valence-corrected chi connectivity index (χ4v) is 2.95. The van der Waals surface area contributed by atoms with E-state index < -0.39 is 0 Å². The molecule has 2 fully saturated rings. The van der Waals surface area contributed by atoms with Crippen LogP contribution >= 0.6 is 0 Å². The van der Waals surface area contributed by atoms with Crippen molar-refractivity contribution in [2.75, 3.05) is 34.7 Å². The van der Waals surface area contributed by atoms with Gasteiger partial charge >= 0.3 is 0 Å². The van der Waals surface area contributed by atoms with Crippen LogP contribution in [0.5, 0.6) is 0 Å². The molecule has 0 spiro atoms. The lowest BCUT2D eigenvalue weighted by Crippen LogP contribution is -2.48. The second-order valence-electron chi connectivity index (χ2n) is 7.31. The van der Waals surface area contributed by atoms with Crippen molar-refractivity contribution in [3.8, 4) is 0 Å². The maximum absolute atomic E-state index is 12.2. The Morgan fingerprint density at radius 2 is 1.62 bits per heavy atom. The molecule has 0 saturated heterocycles. The summed E-state index contributed by atoms with van der Waals surface area (Å²) in [5.74, 6) is 0.974. The number of nitrogens with zero attached hydrogens (tertiary/aromatic N) is 3. The van der Waals surface area contributed by atoms with Crippen molar-refractivity contribution in [3.63, 3.8) is 0 Å². The molecule has 0 aromatic heterocycles. The molecule has 2 aliphatic rings. The number of carbonyl (C=O) groups is 2. The van der Waals surface area contributed by atoms with Crippen LogP contribution in [-0.2, 0) is 9.59 Å². The molecule has 7 heteroatoms. The summed E-state index contributed by atoms with van der Waals surface area (Å²) in [4.78, 5) is 31.6. The van der Waals surface area contributed by atoms with E-state index in [1.54, 1.807) is 23.9 Å². The van der Waals surface area contributed by atoms with Gasteiger partial charge in [0.05, 0.1) is 0 Å². The van der Waals surface area contributed by atoms with Crippen LogP contribution in [-0.4, -0.2) is 74.4 Å². The van der Waals surface area contributed by atoms with Crippen LogP contribution in [0.2, 0.25) is 0 Å². The van der Waals surface area contributed by atoms with Crippen molar-refractivity contribution in [1.82, 2.24) is 20.4 Å². The van der Waals surface area contributed by atoms with Crippen LogP contribution < -0.4 is 10.6 Å². The summed E-state index contributed by atoms with van der Waals surface area (Å²) in [5, 5.41) is 6.81. The summed E-state index contributed by atoms with van der Waals surface area (Å²) in [6.45, 7) is 0.141. The summed E-state index contributed by atoms with van der Waals surface area (Å²) in [6.07, 6.45) is 6.14. The number of nitrogens with one attached hydrogen (secondary N) is 2. The van der Waals surface area contributed by atoms with Gasteiger partial charge in [-0.25, -0.2) is 4.99 Å². The van der Waals surface area contributed by atoms with Gasteiger partial charge in [-0.3, -0.25) is 9.59 Å². The highest BCUT2D eigenvalue weighted by molar-refractivity contribution is 5.85. The van der Waals surface area contributed by atoms with Gasteiger partial charge in [0.2, 0.25) is 11.8 Å². The van der Waals surface area contributed by atoms with Gasteiger partial charge in [0.25, 0.3) is 0 Å². The molecule has 0 radical (unpaired) electrons. The van der Waals surface area contributed by atoms with Crippen molar-refractivity contribution in [1.29, 1.82) is 0 Å². The number of aliphatic imine (C=N–C) groups is 1. The maximum Gasteiger partial charge on any atom is 0.243 e. The highest BCUT2D eigenvalue weighted by Crippen LogP contribution is 2.26. The Labute approximate surface area is 144 Å². The Hall–Kier alpha value is -1.79. The summed E-state index contributed by atoms with van der Waals surface area (Å²) in [6, 6.07) is 0.695. The first-order valence-corrected chi connectivity index (χ1v) is 8.85. The normalized spacial score (nSPS) is 24.2. The van der Waals surface area contributed by atoms with E-state index in [4.69, 9.17) is 0 Å². The Balaban J connectivity index is 1.93. The highest BCUT2D eigenvalue weighted by Gasteiger charge is 2.30. The first kappa shape index (κ1) is 18.5. The first-order valence-electron chi connectivity index (χ1n) is 8.85. The molecule has 24 heavy (non-hydrogen) atoms. The molecule has 7 nitrogen and oxygen atoms in total. The zero-order valence-corrected chi connectivity index (χ0v) is 15.3. The van der Waals surface area contributed by atoms with Crippen LogP contribution in [0.3, 0.4) is 0 Å². The molecule has 0 aliphatic heterocycles. The van der Waals surface area contributed by atoms with Crippen molar-refractivity contribution in [2.24, 2.45) is 10.9 Å². The third kappa shape index (κ3) is 5.69. The average molecular weight is 337 g/mol. The monoisotopic (exact) mass is 337 g/mol. The first-order chi connectivity index (χ1) is 11.4. The lowest BCUT2D eigenvalue weighted by molar-refractivity contribution is -0.134. The van der Waals surface area contributed by atoms with Crippen LogP contribution in [0.4, 0.5) is 0 Å². The molecule has 136 valence electrons. The Morgan fingerprint density at radius 3 is 2.21 bits per heavy atom. The number of amides is 2. The van der Waals surface area contributed by atoms with Crippen molar-refractivity contribution >= 4 is 17.8 Å². The molecule has 0 aromatic carbocycles. The van der Waals surface area contributed by atoms with Crippen LogP contribution in [0.25, 0.3) is 0 Å². The van der Waals surface area contributed by atoms with Gasteiger partial charge in [0, 0.05) is 46.2 Å². The quantitative estimate of drug-likeness (QED) is 0.563. The maximum atomic E-state index is 12.2. The smallest absolute Gasteiger partial charge is 0.243 e. The summed E-state index contributed by atoms with van der Waals surface area (Å²) in [5.41, 5.74) is 0. The zero-order chi connectivity index (χ0) is 17.7. The number of likely N-dealkylation sites (N-methyl/N-ethyl adjacent to an activating group) is 1. The summed E-state index contributed by atoms with van der Waals surface area (Å²) >= 11 is 0. The lowest BCUT2D eigenvalue weighted by atomic mass is 9.85. The van der Waals surface area contributed by atoms with E-state index >= 15 is 0 Å². The molecule has 0 heterocycles. The minimum Gasteiger partial charge on any atom is -0.354 e. The third-order valence-electron chi connectivity index (χ3n) is 4.59. The van der Waals surface area contributed by atoms with Gasteiger partial charge in [-0.1, -0.05) is 6.42 Å². The van der Waals surface area contributed by atoms with Crippen molar-refractivity contribution in [3.05, 3.63) is 0 Å². The topological polar surface area (TPSA) is 77.0 Å². The molecule has 2 unspecified atom stereocenters. The number of guanidine groups is 1. The molecule has 2 saturated carbocycles. The molecular weight excluding hydrogens is 306 g/mol. The van der Waals surface area contributed by atoms with E-state index in [0.717, 1.165) is 38.5 Å². The zero-order valence-electron chi connectivity index (χ0n) is 15.3. The number of hydrogen-bond acceptors (Lipinski definition) is 3. The average Bonchev–Trinajstić information content (AvgIpc) is 3.35. The van der Waals surface area contributed by atoms with Crippen molar-refractivity contribution < 1.29 is 9.59 Å². The van der Waals surface area contributed by atoms with E-state index in [1.165, 1.54) is 0 Å². The molecule has 2 amide bonds. The van der Waals surface area contributed by atoms with Crippen LogP contribution in [0.1, 0.15) is 38.5 Å². The Kier molecular flexibility index (Phi) is 6.45. The van der Waals surface area contributed by atoms with Gasteiger partial charge in [-0.05, 0) is 32.1 Å². The predicted octanol–water partition coefficient (Wildman–Crippen LogP) is 0.419. The van der Waals surface area contributed by atoms with Crippen LogP contribution in [0.15, 0.2) is 4.99 Å². The molecule has 0 aromatic rings. The van der Waals surface area contributed by atoms with E-state index in [0.29, 0.717) is 12.0 Å². The van der Waals surface area contributed by atoms with Gasteiger partial charge in [0.15, 0.2) is 5.96 Å². The predicted molar refractivity (Wildman–Crippen MR) is 94.7 cm³/mol. The van der Waals surface area contributed by atoms with Gasteiger partial charge in [-0.2, -0.15) is 0 Å². The van der Waals surface area contributed by atoms with Crippen molar-refractivity contribution in [2.45, 2.75) is 50.6 Å². The van der Waals surface area contributed by atoms with E-state index in [1.807, 2.05) is 14.1 Å². The van der Waals surface area contributed by atoms with Gasteiger partial charge in [-0.15, -0.1) is 0 Å². The van der Waals surface area contributed by atoms with E-state index in [9.17, 15) is 9.59 Å². The molecular formula is C17H31N5O2. The lowest BCUT2D eigenvalue weighted by Gasteiger charge is -2.31. The standard InChI is InChI=1S/C17H31N5O2/c1-21(2)15(23)11-18-17(19-13-8-9-13)20-14-7-5-6-12(10-14)16(24)22(3)4/h12-14H,5-11H2,1-4H3,(H2,18,19,20). The van der Waals surface area contributed by atoms with Gasteiger partial charge < -0.3 is 20.4 Å². The van der Waals surface area contributed by atoms with Crippen LogP contribution in [0, 0.1) is 5.92 Å². The molecule has 2 N–H and O–H groups in total. The SMILES string of the molecule is CN(C)C(=O)CN=C(NC1CC1)NC1CCCC(C(=O)N(C)C)C1. The fourth-order valence-electron chi connectivity index (χ4n) is 2.95. The van der Waals surface area contributed by atoms with E-state index in [2.05, 4.69) is 15.6 Å². The minimum absolute atomic E-state index is 0.0174. The molecule has 0 bridgehead atoms. The summed E-state index contributed by atoms with van der Waals surface area (Å²) < 4.78 is 0. The highest BCUT2D eigenvalue weighted by atomic mass is 16.2. The fraction of sp³-hybridized carbons (Fsp3) is 0.824. The Bertz CT molecular complexity index is 485. The number of hydrogen-bond donors (Lipinski definition) is 2. The molecule has 2 aliphatic carbocycles. The Morgan fingerprint density at radius 1 is 0.958 bits per heavy atom. The second kappa shape index (κ2) is 8.35. The largest absolute Gasteiger partial charge is 0.354 e.